The highest BCUT2D eigenvalue weighted by molar-refractivity contribution is 5.90. The number of hydrogen-bond acceptors (Lipinski definition) is 6. The standard InChI is InChI=1S/C15H17N7O2/c1-10-18-13(21-22(10)15-16-9-17-20-15)14(24)19-12(8-23)7-11-5-3-2-4-6-11/h2-6,9,12,23H,7-8H2,1H3,(H,19,24)(H,16,17,20). The Kier molecular flexibility index (Phi) is 4.62. The normalized spacial score (nSPS) is 12.1. The summed E-state index contributed by atoms with van der Waals surface area (Å²) < 4.78 is 1.40. The summed E-state index contributed by atoms with van der Waals surface area (Å²) in [6, 6.07) is 9.20. The van der Waals surface area contributed by atoms with E-state index in [0.717, 1.165) is 5.56 Å². The highest BCUT2D eigenvalue weighted by atomic mass is 16.3. The fourth-order valence-electron chi connectivity index (χ4n) is 2.30. The Hall–Kier alpha value is -3.07. The Morgan fingerprint density at radius 1 is 1.38 bits per heavy atom. The number of carbonyl (C=O) groups is 1. The van der Waals surface area contributed by atoms with Gasteiger partial charge >= 0.3 is 0 Å². The third-order valence-electron chi connectivity index (χ3n) is 3.46. The summed E-state index contributed by atoms with van der Waals surface area (Å²) in [6.07, 6.45) is 1.86. The van der Waals surface area contributed by atoms with Crippen molar-refractivity contribution in [3.05, 3.63) is 53.9 Å². The summed E-state index contributed by atoms with van der Waals surface area (Å²) in [5.41, 5.74) is 1.02. The second-order valence-electron chi connectivity index (χ2n) is 5.25. The Morgan fingerprint density at radius 3 is 2.83 bits per heavy atom. The Balaban J connectivity index is 1.71. The predicted octanol–water partition coefficient (Wildman–Crippen LogP) is 0.0272. The maximum Gasteiger partial charge on any atom is 0.291 e. The van der Waals surface area contributed by atoms with Crippen LogP contribution in [-0.2, 0) is 6.42 Å². The first-order valence-electron chi connectivity index (χ1n) is 7.42. The highest BCUT2D eigenvalue weighted by Gasteiger charge is 2.19. The van der Waals surface area contributed by atoms with Gasteiger partial charge in [-0.15, -0.1) is 5.10 Å². The number of H-pyrrole nitrogens is 1. The third-order valence-corrected chi connectivity index (χ3v) is 3.46. The van der Waals surface area contributed by atoms with E-state index in [4.69, 9.17) is 0 Å². The largest absolute Gasteiger partial charge is 0.394 e. The van der Waals surface area contributed by atoms with Crippen LogP contribution in [0.25, 0.3) is 5.95 Å². The van der Waals surface area contributed by atoms with E-state index in [1.165, 1.54) is 11.0 Å². The average molecular weight is 327 g/mol. The Morgan fingerprint density at radius 2 is 2.17 bits per heavy atom. The van der Waals surface area contributed by atoms with E-state index in [0.29, 0.717) is 18.2 Å². The molecule has 0 aliphatic carbocycles. The number of nitrogens with one attached hydrogen (secondary N) is 2. The molecule has 3 aromatic rings. The molecule has 1 amide bonds. The first-order valence-corrected chi connectivity index (χ1v) is 7.42. The molecule has 0 bridgehead atoms. The molecule has 0 aliphatic heterocycles. The molecule has 124 valence electrons. The molecular formula is C15H17N7O2. The molecule has 9 heteroatoms. The van der Waals surface area contributed by atoms with Gasteiger partial charge in [-0.05, 0) is 18.9 Å². The van der Waals surface area contributed by atoms with Gasteiger partial charge < -0.3 is 10.4 Å². The summed E-state index contributed by atoms with van der Waals surface area (Å²) in [7, 11) is 0. The number of amides is 1. The minimum absolute atomic E-state index is 0.00964. The number of hydrogen-bond donors (Lipinski definition) is 3. The molecule has 3 N–H and O–H groups in total. The number of aromatic nitrogens is 6. The topological polar surface area (TPSA) is 122 Å². The van der Waals surface area contributed by atoms with E-state index in [1.54, 1.807) is 6.92 Å². The van der Waals surface area contributed by atoms with Crippen LogP contribution in [0.3, 0.4) is 0 Å². The molecule has 0 saturated heterocycles. The number of aliphatic hydroxyl groups is 1. The molecular weight excluding hydrogens is 310 g/mol. The lowest BCUT2D eigenvalue weighted by atomic mass is 10.1. The van der Waals surface area contributed by atoms with Crippen LogP contribution in [0, 0.1) is 6.92 Å². The van der Waals surface area contributed by atoms with E-state index in [1.807, 2.05) is 30.3 Å². The zero-order valence-corrected chi connectivity index (χ0v) is 13.0. The molecule has 0 spiro atoms. The minimum atomic E-state index is -0.452. The summed E-state index contributed by atoms with van der Waals surface area (Å²) in [5.74, 6) is 0.435. The molecule has 2 aromatic heterocycles. The fraction of sp³-hybridized carbons (Fsp3) is 0.267. The van der Waals surface area contributed by atoms with Gasteiger partial charge in [0.05, 0.1) is 12.6 Å². The van der Waals surface area contributed by atoms with Crippen molar-refractivity contribution in [2.45, 2.75) is 19.4 Å². The van der Waals surface area contributed by atoms with Gasteiger partial charge in [-0.2, -0.15) is 14.8 Å². The summed E-state index contributed by atoms with van der Waals surface area (Å²) in [4.78, 5) is 20.4. The second-order valence-corrected chi connectivity index (χ2v) is 5.25. The molecule has 0 radical (unpaired) electrons. The molecule has 0 aliphatic rings. The number of aryl methyl sites for hydroxylation is 1. The van der Waals surface area contributed by atoms with Gasteiger partial charge in [-0.25, -0.2) is 10.1 Å². The first-order chi connectivity index (χ1) is 11.7. The quantitative estimate of drug-likeness (QED) is 0.587. The minimum Gasteiger partial charge on any atom is -0.394 e. The van der Waals surface area contributed by atoms with E-state index < -0.39 is 11.9 Å². The molecule has 0 fully saturated rings. The number of aromatic amines is 1. The number of rotatable bonds is 6. The molecule has 1 unspecified atom stereocenters. The maximum atomic E-state index is 12.3. The zero-order chi connectivity index (χ0) is 16.9. The summed E-state index contributed by atoms with van der Waals surface area (Å²) >= 11 is 0. The molecule has 1 atom stereocenters. The van der Waals surface area contributed by atoms with Gasteiger partial charge in [0.25, 0.3) is 5.91 Å². The number of nitrogens with zero attached hydrogens (tertiary/aromatic N) is 5. The van der Waals surface area contributed by atoms with Gasteiger partial charge in [0.1, 0.15) is 12.2 Å². The zero-order valence-electron chi connectivity index (χ0n) is 13.0. The van der Waals surface area contributed by atoms with Crippen molar-refractivity contribution in [2.75, 3.05) is 6.61 Å². The van der Waals surface area contributed by atoms with Gasteiger partial charge in [0.2, 0.25) is 11.8 Å². The molecule has 1 aromatic carbocycles. The van der Waals surface area contributed by atoms with Gasteiger partial charge in [0.15, 0.2) is 0 Å². The lowest BCUT2D eigenvalue weighted by Crippen LogP contribution is -2.39. The monoisotopic (exact) mass is 327 g/mol. The smallest absolute Gasteiger partial charge is 0.291 e. The molecule has 24 heavy (non-hydrogen) atoms. The van der Waals surface area contributed by atoms with Crippen molar-refractivity contribution in [3.8, 4) is 5.95 Å². The van der Waals surface area contributed by atoms with Crippen molar-refractivity contribution in [3.63, 3.8) is 0 Å². The number of benzene rings is 1. The van der Waals surface area contributed by atoms with Crippen LogP contribution in [0.2, 0.25) is 0 Å². The molecule has 0 saturated carbocycles. The fourth-order valence-corrected chi connectivity index (χ4v) is 2.30. The van der Waals surface area contributed by atoms with Crippen LogP contribution in [0.5, 0.6) is 0 Å². The maximum absolute atomic E-state index is 12.3. The van der Waals surface area contributed by atoms with Crippen molar-refractivity contribution in [1.29, 1.82) is 0 Å². The lowest BCUT2D eigenvalue weighted by molar-refractivity contribution is 0.0906. The van der Waals surface area contributed by atoms with Crippen LogP contribution < -0.4 is 5.32 Å². The summed E-state index contributed by atoms with van der Waals surface area (Å²) in [5, 5.41) is 22.8. The Bertz CT molecular complexity index is 799. The predicted molar refractivity (Wildman–Crippen MR) is 84.5 cm³/mol. The van der Waals surface area contributed by atoms with Crippen molar-refractivity contribution < 1.29 is 9.90 Å². The molecule has 9 nitrogen and oxygen atoms in total. The van der Waals surface area contributed by atoms with Crippen molar-refractivity contribution in [1.82, 2.24) is 35.3 Å². The van der Waals surface area contributed by atoms with Crippen LogP contribution in [0.15, 0.2) is 36.7 Å². The van der Waals surface area contributed by atoms with Crippen molar-refractivity contribution in [2.24, 2.45) is 0 Å². The molecule has 2 heterocycles. The van der Waals surface area contributed by atoms with Gasteiger partial charge in [0, 0.05) is 0 Å². The van der Waals surface area contributed by atoms with Crippen molar-refractivity contribution >= 4 is 5.91 Å². The van der Waals surface area contributed by atoms with Crippen LogP contribution in [-0.4, -0.2) is 53.6 Å². The SMILES string of the molecule is Cc1nc(C(=O)NC(CO)Cc2ccccc2)nn1-c1ncn[nH]1. The highest BCUT2D eigenvalue weighted by Crippen LogP contribution is 2.06. The van der Waals surface area contributed by atoms with Crippen LogP contribution in [0.4, 0.5) is 0 Å². The van der Waals surface area contributed by atoms with E-state index in [2.05, 4.69) is 30.6 Å². The number of aliphatic hydroxyl groups excluding tert-OH is 1. The van der Waals surface area contributed by atoms with Crippen LogP contribution in [0.1, 0.15) is 22.0 Å². The lowest BCUT2D eigenvalue weighted by Gasteiger charge is -2.15. The van der Waals surface area contributed by atoms with Gasteiger partial charge in [-0.1, -0.05) is 30.3 Å². The second kappa shape index (κ2) is 7.01. The van der Waals surface area contributed by atoms with E-state index >= 15 is 0 Å². The van der Waals surface area contributed by atoms with E-state index in [-0.39, 0.29) is 12.4 Å². The van der Waals surface area contributed by atoms with Gasteiger partial charge in [-0.3, -0.25) is 4.79 Å². The van der Waals surface area contributed by atoms with E-state index in [9.17, 15) is 9.90 Å². The first kappa shape index (κ1) is 15.8. The third kappa shape index (κ3) is 3.46. The number of carbonyl (C=O) groups excluding carboxylic acids is 1. The van der Waals surface area contributed by atoms with Crippen LogP contribution >= 0.6 is 0 Å². The summed E-state index contributed by atoms with van der Waals surface area (Å²) in [6.45, 7) is 1.53. The molecule has 3 rings (SSSR count). The Labute approximate surface area is 137 Å². The average Bonchev–Trinajstić information content (AvgIpc) is 3.24.